The minimum atomic E-state index is 0. The molecule has 2 N–H and O–H groups in total. The molecule has 0 saturated heterocycles. The standard InChI is InChI=1S/Co.2Na.H2O.2O/h;;;1H2;;/q+2;2*+1;;2*-2. The second kappa shape index (κ2) is 52.9. The van der Waals surface area contributed by atoms with E-state index >= 15 is 0 Å². The van der Waals surface area contributed by atoms with Crippen LogP contribution in [0.25, 0.3) is 0 Å². The van der Waals surface area contributed by atoms with E-state index in [1.807, 2.05) is 0 Å². The third-order valence-corrected chi connectivity index (χ3v) is 0. The van der Waals surface area contributed by atoms with Gasteiger partial charge in [-0.05, 0) is 0 Å². The van der Waals surface area contributed by atoms with Gasteiger partial charge >= 0.3 is 75.9 Å². The molecular formula is H2CoNa2O3. The van der Waals surface area contributed by atoms with Crippen LogP contribution in [0, 0.1) is 0 Å². The molecule has 0 heterocycles. The van der Waals surface area contributed by atoms with Crippen molar-refractivity contribution in [1.82, 2.24) is 0 Å². The van der Waals surface area contributed by atoms with Crippen LogP contribution < -0.4 is 59.1 Å². The molecule has 0 saturated carbocycles. The van der Waals surface area contributed by atoms with E-state index in [-0.39, 0.29) is 92.3 Å². The summed E-state index contributed by atoms with van der Waals surface area (Å²) in [5.74, 6) is 0. The SMILES string of the molecule is O.[Co+2].[Na+].[Na+].[O-2].[O-2]. The molecule has 0 aromatic carbocycles. The molecule has 6 heteroatoms. The van der Waals surface area contributed by atoms with Crippen LogP contribution in [0.4, 0.5) is 0 Å². The maximum absolute atomic E-state index is 0. The smallest absolute Gasteiger partial charge is 2.00 e. The second-order valence-corrected chi connectivity index (χ2v) is 0. The first-order valence-electron chi connectivity index (χ1n) is 0. The van der Waals surface area contributed by atoms with Gasteiger partial charge in [0, 0.05) is 0 Å². The van der Waals surface area contributed by atoms with Crippen molar-refractivity contribution in [1.29, 1.82) is 0 Å². The summed E-state index contributed by atoms with van der Waals surface area (Å²) in [5, 5.41) is 0. The van der Waals surface area contributed by atoms with Crippen molar-refractivity contribution in [3.05, 3.63) is 0 Å². The largest absolute Gasteiger partial charge is 2.00 e. The molecule has 0 amide bonds. The van der Waals surface area contributed by atoms with Crippen molar-refractivity contribution in [2.45, 2.75) is 0 Å². The Labute approximate surface area is 91.0 Å². The van der Waals surface area contributed by atoms with Gasteiger partial charge in [0.25, 0.3) is 0 Å². The van der Waals surface area contributed by atoms with E-state index in [1.165, 1.54) is 0 Å². The topological polar surface area (TPSA) is 88.5 Å². The summed E-state index contributed by atoms with van der Waals surface area (Å²) in [6.45, 7) is 0. The number of hydrogen-bond acceptors (Lipinski definition) is 0. The molecule has 1 radical (unpaired) electrons. The predicted molar refractivity (Wildman–Crippen MR) is 4.99 cm³/mol. The van der Waals surface area contributed by atoms with Gasteiger partial charge in [-0.25, -0.2) is 0 Å². The van der Waals surface area contributed by atoms with Crippen LogP contribution >= 0.6 is 0 Å². The van der Waals surface area contributed by atoms with Crippen molar-refractivity contribution >= 4 is 0 Å². The first-order chi connectivity index (χ1) is 0. The molecule has 0 spiro atoms. The zero-order chi connectivity index (χ0) is 0. The van der Waals surface area contributed by atoms with Gasteiger partial charge in [0.2, 0.25) is 0 Å². The molecule has 31 valence electrons. The Bertz CT molecular complexity index is 8.75. The Balaban J connectivity index is 0. The molecule has 0 aromatic heterocycles. The number of hydrogen-bond donors (Lipinski definition) is 0. The molecular weight excluding hydrogens is 153 g/mol. The normalized spacial score (nSPS) is 0. The van der Waals surface area contributed by atoms with Crippen LogP contribution in [0.15, 0.2) is 0 Å². The van der Waals surface area contributed by atoms with Crippen LogP contribution in [0.3, 0.4) is 0 Å². The summed E-state index contributed by atoms with van der Waals surface area (Å²) in [4.78, 5) is 0. The van der Waals surface area contributed by atoms with Gasteiger partial charge in [0.15, 0.2) is 0 Å². The van der Waals surface area contributed by atoms with Gasteiger partial charge in [-0.15, -0.1) is 0 Å². The monoisotopic (exact) mass is 155 g/mol. The minimum absolute atomic E-state index is 0. The van der Waals surface area contributed by atoms with E-state index in [1.54, 1.807) is 0 Å². The molecule has 0 unspecified atom stereocenters. The van der Waals surface area contributed by atoms with E-state index in [0.717, 1.165) is 0 Å². The molecule has 0 aliphatic carbocycles. The first-order valence-corrected chi connectivity index (χ1v) is 0. The molecule has 0 atom stereocenters. The van der Waals surface area contributed by atoms with Gasteiger partial charge in [0.1, 0.15) is 0 Å². The van der Waals surface area contributed by atoms with Crippen molar-refractivity contribution in [2.75, 3.05) is 0 Å². The Morgan fingerprint density at radius 2 is 0.667 bits per heavy atom. The molecule has 0 aliphatic heterocycles. The maximum atomic E-state index is 0. The fourth-order valence-electron chi connectivity index (χ4n) is 0. The molecule has 0 aromatic rings. The average molecular weight is 155 g/mol. The zero-order valence-corrected chi connectivity index (χ0v) is 8.69. The van der Waals surface area contributed by atoms with Crippen molar-refractivity contribution in [2.24, 2.45) is 0 Å². The third kappa shape index (κ3) is 32.5. The van der Waals surface area contributed by atoms with E-state index in [4.69, 9.17) is 0 Å². The van der Waals surface area contributed by atoms with Gasteiger partial charge in [0.05, 0.1) is 0 Å². The quantitative estimate of drug-likeness (QED) is 0.311. The fraction of sp³-hybridized carbons (Fsp3) is 0. The van der Waals surface area contributed by atoms with Gasteiger partial charge in [-0.3, -0.25) is 0 Å². The van der Waals surface area contributed by atoms with Crippen molar-refractivity contribution in [3.63, 3.8) is 0 Å². The van der Waals surface area contributed by atoms with E-state index in [2.05, 4.69) is 0 Å². The first kappa shape index (κ1) is 80.3. The summed E-state index contributed by atoms with van der Waals surface area (Å²) >= 11 is 0. The van der Waals surface area contributed by atoms with Crippen LogP contribution in [-0.4, -0.2) is 5.48 Å². The van der Waals surface area contributed by atoms with E-state index in [0.29, 0.717) is 0 Å². The molecule has 0 aliphatic rings. The van der Waals surface area contributed by atoms with E-state index in [9.17, 15) is 0 Å². The molecule has 0 bridgehead atoms. The molecule has 3 nitrogen and oxygen atoms in total. The van der Waals surface area contributed by atoms with Crippen LogP contribution in [0.2, 0.25) is 0 Å². The number of rotatable bonds is 0. The predicted octanol–water partition coefficient (Wildman–Crippen LogP) is -7.06. The van der Waals surface area contributed by atoms with Crippen LogP contribution in [-0.2, 0) is 27.7 Å². The molecule has 6 heavy (non-hydrogen) atoms. The van der Waals surface area contributed by atoms with Crippen molar-refractivity contribution in [3.8, 4) is 0 Å². The van der Waals surface area contributed by atoms with Gasteiger partial charge < -0.3 is 16.4 Å². The summed E-state index contributed by atoms with van der Waals surface area (Å²) < 4.78 is 0. The van der Waals surface area contributed by atoms with E-state index < -0.39 is 0 Å². The summed E-state index contributed by atoms with van der Waals surface area (Å²) in [6.07, 6.45) is 0. The maximum Gasteiger partial charge on any atom is 2.00 e. The average Bonchev–Trinajstić information content (AvgIpc) is 0. The Morgan fingerprint density at radius 1 is 0.667 bits per heavy atom. The summed E-state index contributed by atoms with van der Waals surface area (Å²) in [6, 6.07) is 0. The summed E-state index contributed by atoms with van der Waals surface area (Å²) in [7, 11) is 0. The minimum Gasteiger partial charge on any atom is -2.00 e. The Morgan fingerprint density at radius 3 is 0.667 bits per heavy atom. The van der Waals surface area contributed by atoms with Gasteiger partial charge in [-0.1, -0.05) is 0 Å². The second-order valence-electron chi connectivity index (χ2n) is 0. The Kier molecular flexibility index (Phi) is 708. The fourth-order valence-corrected chi connectivity index (χ4v) is 0. The Hall–Kier alpha value is 2.39. The summed E-state index contributed by atoms with van der Waals surface area (Å²) in [5.41, 5.74) is 0. The molecule has 0 fully saturated rings. The zero-order valence-electron chi connectivity index (χ0n) is 3.65. The third-order valence-electron chi connectivity index (χ3n) is 0. The van der Waals surface area contributed by atoms with Crippen LogP contribution in [0.5, 0.6) is 0 Å². The van der Waals surface area contributed by atoms with Crippen LogP contribution in [0.1, 0.15) is 0 Å². The van der Waals surface area contributed by atoms with Gasteiger partial charge in [-0.2, -0.15) is 0 Å². The molecule has 0 rings (SSSR count). The van der Waals surface area contributed by atoms with Crippen molar-refractivity contribution < 1.29 is 92.3 Å².